The smallest absolute Gasteiger partial charge is 0.192 e. The van der Waals surface area contributed by atoms with Crippen LogP contribution in [0.2, 0.25) is 0 Å². The molecule has 3 rings (SSSR count). The summed E-state index contributed by atoms with van der Waals surface area (Å²) in [6, 6.07) is 9.49. The number of nitrogens with zero attached hydrogens (tertiary/aromatic N) is 2. The summed E-state index contributed by atoms with van der Waals surface area (Å²) in [6.45, 7) is 5.27. The molecule has 0 N–H and O–H groups in total. The molecule has 1 aromatic heterocycles. The second-order valence-corrected chi connectivity index (χ2v) is 5.03. The Morgan fingerprint density at radius 3 is 3.20 bits per heavy atom. The molecule has 2 heterocycles. The van der Waals surface area contributed by atoms with Crippen molar-refractivity contribution in [2.24, 2.45) is 0 Å². The molecule has 1 aliphatic rings. The molecule has 20 heavy (non-hydrogen) atoms. The molecule has 1 saturated heterocycles. The van der Waals surface area contributed by atoms with Crippen LogP contribution in [-0.2, 0) is 4.74 Å². The molecule has 0 saturated carbocycles. The Bertz CT molecular complexity index is 627. The zero-order valence-corrected chi connectivity index (χ0v) is 11.6. The normalized spacial score (nSPS) is 20.1. The average Bonchev–Trinajstić information content (AvgIpc) is 2.53. The summed E-state index contributed by atoms with van der Waals surface area (Å²) < 4.78 is 5.63. The number of hydrogen-bond donors (Lipinski definition) is 0. The van der Waals surface area contributed by atoms with E-state index < -0.39 is 0 Å². The molecule has 1 aliphatic heterocycles. The molecule has 4 nitrogen and oxygen atoms in total. The number of hydrogen-bond acceptors (Lipinski definition) is 4. The summed E-state index contributed by atoms with van der Waals surface area (Å²) in [4.78, 5) is 19.0. The molecule has 0 bridgehead atoms. The fourth-order valence-corrected chi connectivity index (χ4v) is 2.56. The molecule has 2 aromatic rings. The van der Waals surface area contributed by atoms with Gasteiger partial charge in [-0.1, -0.05) is 13.0 Å². The zero-order chi connectivity index (χ0) is 13.9. The number of rotatable bonds is 3. The first-order valence-corrected chi connectivity index (χ1v) is 7.01. The summed E-state index contributed by atoms with van der Waals surface area (Å²) in [6.07, 6.45) is 1.41. The Labute approximate surface area is 118 Å². The lowest BCUT2D eigenvalue weighted by molar-refractivity contribution is -0.0148. The monoisotopic (exact) mass is 270 g/mol. The van der Waals surface area contributed by atoms with E-state index in [4.69, 9.17) is 4.74 Å². The number of morpholine rings is 1. The summed E-state index contributed by atoms with van der Waals surface area (Å²) in [7, 11) is 0. The van der Waals surface area contributed by atoms with E-state index >= 15 is 0 Å². The van der Waals surface area contributed by atoms with Crippen LogP contribution < -0.4 is 0 Å². The van der Waals surface area contributed by atoms with Crippen molar-refractivity contribution < 1.29 is 9.53 Å². The van der Waals surface area contributed by atoms with Gasteiger partial charge in [-0.3, -0.25) is 14.7 Å². The second kappa shape index (κ2) is 5.69. The van der Waals surface area contributed by atoms with Crippen LogP contribution in [0.1, 0.15) is 17.3 Å². The lowest BCUT2D eigenvalue weighted by Crippen LogP contribution is -2.45. The quantitative estimate of drug-likeness (QED) is 0.801. The van der Waals surface area contributed by atoms with Crippen molar-refractivity contribution in [3.63, 3.8) is 0 Å². The number of fused-ring (bicyclic) bond motifs is 1. The lowest BCUT2D eigenvalue weighted by atomic mass is 10.0. The van der Waals surface area contributed by atoms with Gasteiger partial charge in [0.15, 0.2) is 5.78 Å². The zero-order valence-electron chi connectivity index (χ0n) is 11.6. The topological polar surface area (TPSA) is 42.4 Å². The number of Topliss-reactive ketones (excluding diaryl/α,β-unsaturated/α-hetero) is 1. The minimum atomic E-state index is -0.349. The van der Waals surface area contributed by atoms with Crippen LogP contribution in [0.3, 0.4) is 0 Å². The summed E-state index contributed by atoms with van der Waals surface area (Å²) >= 11 is 0. The van der Waals surface area contributed by atoms with Gasteiger partial charge in [0.2, 0.25) is 0 Å². The Morgan fingerprint density at radius 1 is 1.45 bits per heavy atom. The molecule has 0 radical (unpaired) electrons. The van der Waals surface area contributed by atoms with Crippen LogP contribution in [0.5, 0.6) is 0 Å². The molecule has 1 fully saturated rings. The fourth-order valence-electron chi connectivity index (χ4n) is 2.56. The number of ketones is 1. The number of benzene rings is 1. The SMILES string of the molecule is CCN1CCOC(C(=O)c2ccc3ncccc3c2)C1. The van der Waals surface area contributed by atoms with Crippen LogP contribution in [0.15, 0.2) is 36.5 Å². The molecule has 4 heteroatoms. The van der Waals surface area contributed by atoms with Crippen molar-refractivity contribution in [2.75, 3.05) is 26.2 Å². The van der Waals surface area contributed by atoms with Gasteiger partial charge in [-0.2, -0.15) is 0 Å². The van der Waals surface area contributed by atoms with Crippen molar-refractivity contribution in [2.45, 2.75) is 13.0 Å². The third-order valence-corrected chi connectivity index (χ3v) is 3.78. The second-order valence-electron chi connectivity index (χ2n) is 5.03. The maximum Gasteiger partial charge on any atom is 0.192 e. The number of aromatic nitrogens is 1. The van der Waals surface area contributed by atoms with E-state index in [1.165, 1.54) is 0 Å². The number of likely N-dealkylation sites (N-methyl/N-ethyl adjacent to an activating group) is 1. The van der Waals surface area contributed by atoms with Crippen LogP contribution in [0.25, 0.3) is 10.9 Å². The predicted molar refractivity (Wildman–Crippen MR) is 77.9 cm³/mol. The molecular formula is C16H18N2O2. The van der Waals surface area contributed by atoms with E-state index in [1.54, 1.807) is 6.20 Å². The summed E-state index contributed by atoms with van der Waals surface area (Å²) in [5.74, 6) is 0.0638. The van der Waals surface area contributed by atoms with E-state index in [-0.39, 0.29) is 11.9 Å². The number of ether oxygens (including phenoxy) is 1. The van der Waals surface area contributed by atoms with Crippen LogP contribution in [0.4, 0.5) is 0 Å². The van der Waals surface area contributed by atoms with Gasteiger partial charge in [0.05, 0.1) is 12.1 Å². The van der Waals surface area contributed by atoms with E-state index in [0.717, 1.165) is 24.0 Å². The van der Waals surface area contributed by atoms with Gasteiger partial charge < -0.3 is 4.74 Å². The Kier molecular flexibility index (Phi) is 3.76. The standard InChI is InChI=1S/C16H18N2O2/c1-2-18-8-9-20-15(11-18)16(19)13-5-6-14-12(10-13)4-3-7-17-14/h3-7,10,15H,2,8-9,11H2,1H3. The number of pyridine rings is 1. The van der Waals surface area contributed by atoms with Gasteiger partial charge in [-0.25, -0.2) is 0 Å². The highest BCUT2D eigenvalue weighted by Crippen LogP contribution is 2.17. The van der Waals surface area contributed by atoms with Gasteiger partial charge in [0.1, 0.15) is 6.10 Å². The maximum atomic E-state index is 12.5. The largest absolute Gasteiger partial charge is 0.367 e. The third-order valence-electron chi connectivity index (χ3n) is 3.78. The minimum absolute atomic E-state index is 0.0638. The van der Waals surface area contributed by atoms with Crippen molar-refractivity contribution in [1.82, 2.24) is 9.88 Å². The molecule has 0 amide bonds. The van der Waals surface area contributed by atoms with Crippen molar-refractivity contribution in [3.8, 4) is 0 Å². The Balaban J connectivity index is 1.84. The third kappa shape index (κ3) is 2.57. The molecular weight excluding hydrogens is 252 g/mol. The first-order valence-electron chi connectivity index (χ1n) is 7.01. The first kappa shape index (κ1) is 13.2. The maximum absolute atomic E-state index is 12.5. The van der Waals surface area contributed by atoms with Gasteiger partial charge in [0.25, 0.3) is 0 Å². The van der Waals surface area contributed by atoms with Gasteiger partial charge in [-0.05, 0) is 30.8 Å². The number of carbonyl (C=O) groups is 1. The fraction of sp³-hybridized carbons (Fsp3) is 0.375. The van der Waals surface area contributed by atoms with Crippen molar-refractivity contribution in [3.05, 3.63) is 42.1 Å². The molecule has 0 spiro atoms. The Morgan fingerprint density at radius 2 is 2.35 bits per heavy atom. The van der Waals surface area contributed by atoms with Crippen LogP contribution in [0, 0.1) is 0 Å². The molecule has 1 aromatic carbocycles. The van der Waals surface area contributed by atoms with Gasteiger partial charge >= 0.3 is 0 Å². The predicted octanol–water partition coefficient (Wildman–Crippen LogP) is 2.14. The van der Waals surface area contributed by atoms with Crippen LogP contribution >= 0.6 is 0 Å². The molecule has 0 aliphatic carbocycles. The highest BCUT2D eigenvalue weighted by atomic mass is 16.5. The Hall–Kier alpha value is -1.78. The van der Waals surface area contributed by atoms with Gasteiger partial charge in [0, 0.05) is 30.2 Å². The van der Waals surface area contributed by atoms with Crippen molar-refractivity contribution >= 4 is 16.7 Å². The molecule has 1 atom stereocenters. The highest BCUT2D eigenvalue weighted by Gasteiger charge is 2.26. The lowest BCUT2D eigenvalue weighted by Gasteiger charge is -2.31. The number of carbonyl (C=O) groups excluding carboxylic acids is 1. The summed E-state index contributed by atoms with van der Waals surface area (Å²) in [5, 5.41) is 0.988. The molecule has 1 unspecified atom stereocenters. The first-order chi connectivity index (χ1) is 9.78. The van der Waals surface area contributed by atoms with E-state index in [1.807, 2.05) is 30.3 Å². The van der Waals surface area contributed by atoms with E-state index in [2.05, 4.69) is 16.8 Å². The molecule has 104 valence electrons. The van der Waals surface area contributed by atoms with E-state index in [9.17, 15) is 4.79 Å². The van der Waals surface area contributed by atoms with Gasteiger partial charge in [-0.15, -0.1) is 0 Å². The summed E-state index contributed by atoms with van der Waals surface area (Å²) in [5.41, 5.74) is 1.61. The van der Waals surface area contributed by atoms with Crippen LogP contribution in [-0.4, -0.2) is 48.0 Å². The van der Waals surface area contributed by atoms with E-state index in [0.29, 0.717) is 18.7 Å². The average molecular weight is 270 g/mol. The minimum Gasteiger partial charge on any atom is -0.367 e. The highest BCUT2D eigenvalue weighted by molar-refractivity contribution is 6.02. The van der Waals surface area contributed by atoms with Crippen molar-refractivity contribution in [1.29, 1.82) is 0 Å².